The molecule has 0 aliphatic carbocycles. The lowest BCUT2D eigenvalue weighted by atomic mass is 9.86. The normalized spacial score (nSPS) is 11.5. The number of rotatable bonds is 5. The van der Waals surface area contributed by atoms with Gasteiger partial charge in [-0.2, -0.15) is 0 Å². The van der Waals surface area contributed by atoms with E-state index in [2.05, 4.69) is 170 Å². The number of para-hydroxylation sites is 1. The third-order valence-corrected chi connectivity index (χ3v) is 10.2. The fourth-order valence-electron chi connectivity index (χ4n) is 7.66. The Balaban J connectivity index is 1.01. The number of benzene rings is 8. The van der Waals surface area contributed by atoms with Gasteiger partial charge < -0.3 is 4.42 Å². The van der Waals surface area contributed by atoms with Crippen LogP contribution in [0.2, 0.25) is 0 Å². The fourth-order valence-corrected chi connectivity index (χ4v) is 7.66. The number of fused-ring (bicyclic) bond motifs is 5. The Labute approximate surface area is 295 Å². The minimum absolute atomic E-state index is 0.911. The van der Waals surface area contributed by atoms with E-state index < -0.39 is 0 Å². The fraction of sp³-hybridized carbons (Fsp3) is 0. The average Bonchev–Trinajstić information content (AvgIpc) is 3.59. The lowest BCUT2D eigenvalue weighted by molar-refractivity contribution is 0.669. The lowest BCUT2D eigenvalue weighted by Crippen LogP contribution is -1.92. The van der Waals surface area contributed by atoms with Gasteiger partial charge in [-0.05, 0) is 84.8 Å². The second-order valence-electron chi connectivity index (χ2n) is 13.1. The van der Waals surface area contributed by atoms with Crippen LogP contribution in [-0.2, 0) is 0 Å². The van der Waals surface area contributed by atoms with Crippen molar-refractivity contribution in [3.63, 3.8) is 0 Å². The Morgan fingerprint density at radius 3 is 1.37 bits per heavy atom. The smallest absolute Gasteiger partial charge is 0.135 e. The lowest BCUT2D eigenvalue weighted by Gasteiger charge is -2.18. The maximum absolute atomic E-state index is 6.04. The largest absolute Gasteiger partial charge is 0.456 e. The van der Waals surface area contributed by atoms with Crippen molar-refractivity contribution in [2.75, 3.05) is 0 Å². The van der Waals surface area contributed by atoms with Gasteiger partial charge in [0.15, 0.2) is 0 Å². The molecular weight excluding hydrogens is 619 g/mol. The molecule has 10 rings (SSSR count). The number of nitrogens with zero attached hydrogens (tertiary/aromatic N) is 1. The van der Waals surface area contributed by atoms with Gasteiger partial charge in [-0.25, -0.2) is 0 Å². The summed E-state index contributed by atoms with van der Waals surface area (Å²) in [6.07, 6.45) is 2.03. The molecule has 0 spiro atoms. The molecule has 0 radical (unpaired) electrons. The van der Waals surface area contributed by atoms with Crippen LogP contribution >= 0.6 is 0 Å². The molecule has 10 aromatic rings. The molecule has 0 fully saturated rings. The first-order valence-corrected chi connectivity index (χ1v) is 17.4. The summed E-state index contributed by atoms with van der Waals surface area (Å²) < 4.78 is 6.04. The number of hydrogen-bond donors (Lipinski definition) is 0. The molecular formula is C49H31NO. The molecule has 2 heteroatoms. The summed E-state index contributed by atoms with van der Waals surface area (Å²) in [5.41, 5.74) is 13.4. The molecule has 2 heterocycles. The van der Waals surface area contributed by atoms with Crippen LogP contribution in [0.3, 0.4) is 0 Å². The van der Waals surface area contributed by atoms with Gasteiger partial charge in [0.25, 0.3) is 0 Å². The average molecular weight is 650 g/mol. The molecule has 0 aliphatic heterocycles. The standard InChI is InChI=1S/C49H31NO/c1-2-10-32(11-3-1)33-20-24-36(25-21-33)48-40-13-4-6-15-42(40)49(43-16-7-5-14-41(43)48)38-26-28-45(50-31-38)35-22-18-34(19-23-35)37-27-29-47-44(30-37)39-12-8-9-17-46(39)51-47/h1-31H. The highest BCUT2D eigenvalue weighted by atomic mass is 16.3. The Kier molecular flexibility index (Phi) is 6.85. The van der Waals surface area contributed by atoms with E-state index >= 15 is 0 Å². The summed E-state index contributed by atoms with van der Waals surface area (Å²) in [6.45, 7) is 0. The van der Waals surface area contributed by atoms with Gasteiger partial charge in [-0.1, -0.05) is 158 Å². The second-order valence-corrected chi connectivity index (χ2v) is 13.1. The predicted molar refractivity (Wildman–Crippen MR) is 214 cm³/mol. The van der Waals surface area contributed by atoms with Crippen molar-refractivity contribution < 1.29 is 4.42 Å². The van der Waals surface area contributed by atoms with Crippen LogP contribution in [0.5, 0.6) is 0 Å². The number of pyridine rings is 1. The van der Waals surface area contributed by atoms with Gasteiger partial charge in [0.2, 0.25) is 0 Å². The van der Waals surface area contributed by atoms with Gasteiger partial charge in [0.05, 0.1) is 5.69 Å². The van der Waals surface area contributed by atoms with E-state index in [1.165, 1.54) is 54.9 Å². The van der Waals surface area contributed by atoms with E-state index in [9.17, 15) is 0 Å². The minimum Gasteiger partial charge on any atom is -0.456 e. The van der Waals surface area contributed by atoms with Gasteiger partial charge in [-0.15, -0.1) is 0 Å². The van der Waals surface area contributed by atoms with Crippen LogP contribution in [0, 0.1) is 0 Å². The molecule has 0 N–H and O–H groups in total. The summed E-state index contributed by atoms with van der Waals surface area (Å²) >= 11 is 0. The SMILES string of the molecule is c1ccc(-c2ccc(-c3c4ccccc4c(-c4ccc(-c5ccc(-c6ccc7oc8ccccc8c7c6)cc5)nc4)c4ccccc34)cc2)cc1. The van der Waals surface area contributed by atoms with Crippen LogP contribution in [0.1, 0.15) is 0 Å². The maximum Gasteiger partial charge on any atom is 0.135 e. The zero-order valence-electron chi connectivity index (χ0n) is 27.8. The molecule has 0 unspecified atom stereocenters. The summed E-state index contributed by atoms with van der Waals surface area (Å²) in [4.78, 5) is 5.02. The third kappa shape index (κ3) is 5.00. The van der Waals surface area contributed by atoms with Crippen LogP contribution in [0.25, 0.3) is 99.2 Å². The van der Waals surface area contributed by atoms with E-state index in [-0.39, 0.29) is 0 Å². The van der Waals surface area contributed by atoms with Crippen molar-refractivity contribution >= 4 is 43.5 Å². The summed E-state index contributed by atoms with van der Waals surface area (Å²) in [7, 11) is 0. The van der Waals surface area contributed by atoms with Crippen molar-refractivity contribution in [2.24, 2.45) is 0 Å². The predicted octanol–water partition coefficient (Wildman–Crippen LogP) is 13.6. The Morgan fingerprint density at radius 2 is 0.745 bits per heavy atom. The summed E-state index contributed by atoms with van der Waals surface area (Å²) in [5, 5.41) is 7.19. The van der Waals surface area contributed by atoms with Crippen molar-refractivity contribution in [2.45, 2.75) is 0 Å². The zero-order chi connectivity index (χ0) is 33.7. The van der Waals surface area contributed by atoms with E-state index in [1.807, 2.05) is 18.3 Å². The van der Waals surface area contributed by atoms with Gasteiger partial charge in [0, 0.05) is 28.1 Å². The number of furan rings is 1. The van der Waals surface area contributed by atoms with Crippen LogP contribution in [0.15, 0.2) is 193 Å². The molecule has 8 aromatic carbocycles. The van der Waals surface area contributed by atoms with Gasteiger partial charge in [-0.3, -0.25) is 4.98 Å². The van der Waals surface area contributed by atoms with Crippen molar-refractivity contribution in [3.8, 4) is 55.8 Å². The van der Waals surface area contributed by atoms with E-state index in [1.54, 1.807) is 0 Å². The quantitative estimate of drug-likeness (QED) is 0.173. The third-order valence-electron chi connectivity index (χ3n) is 10.2. The maximum atomic E-state index is 6.04. The molecule has 0 atom stereocenters. The molecule has 0 bridgehead atoms. The summed E-state index contributed by atoms with van der Waals surface area (Å²) in [5.74, 6) is 0. The second kappa shape index (κ2) is 12.0. The van der Waals surface area contributed by atoms with Crippen LogP contribution < -0.4 is 0 Å². The van der Waals surface area contributed by atoms with Crippen LogP contribution in [0.4, 0.5) is 0 Å². The summed E-state index contributed by atoms with van der Waals surface area (Å²) in [6, 6.07) is 64.8. The molecule has 0 amide bonds. The van der Waals surface area contributed by atoms with Gasteiger partial charge in [0.1, 0.15) is 11.2 Å². The molecule has 0 aliphatic rings. The van der Waals surface area contributed by atoms with Crippen molar-refractivity contribution in [3.05, 3.63) is 188 Å². The Bertz CT molecular complexity index is 2810. The van der Waals surface area contributed by atoms with E-state index in [0.29, 0.717) is 0 Å². The molecule has 0 saturated heterocycles. The molecule has 51 heavy (non-hydrogen) atoms. The van der Waals surface area contributed by atoms with Crippen molar-refractivity contribution in [1.82, 2.24) is 4.98 Å². The van der Waals surface area contributed by atoms with E-state index in [4.69, 9.17) is 9.40 Å². The van der Waals surface area contributed by atoms with Crippen LogP contribution in [-0.4, -0.2) is 4.98 Å². The highest BCUT2D eigenvalue weighted by Gasteiger charge is 2.17. The number of hydrogen-bond acceptors (Lipinski definition) is 2. The monoisotopic (exact) mass is 649 g/mol. The Morgan fingerprint density at radius 1 is 0.294 bits per heavy atom. The van der Waals surface area contributed by atoms with Gasteiger partial charge >= 0.3 is 0 Å². The van der Waals surface area contributed by atoms with Crippen molar-refractivity contribution in [1.29, 1.82) is 0 Å². The highest BCUT2D eigenvalue weighted by Crippen LogP contribution is 2.44. The Hall–Kier alpha value is -6.77. The number of aromatic nitrogens is 1. The topological polar surface area (TPSA) is 26.0 Å². The highest BCUT2D eigenvalue weighted by molar-refractivity contribution is 6.21. The molecule has 238 valence electrons. The first-order valence-electron chi connectivity index (χ1n) is 17.4. The van der Waals surface area contributed by atoms with E-state index in [0.717, 1.165) is 44.3 Å². The molecule has 2 aromatic heterocycles. The molecule has 2 nitrogen and oxygen atoms in total. The zero-order valence-corrected chi connectivity index (χ0v) is 27.8. The first-order chi connectivity index (χ1) is 25.3. The minimum atomic E-state index is 0.911. The molecule has 0 saturated carbocycles. The first kappa shape index (κ1) is 29.2.